The lowest BCUT2D eigenvalue weighted by Crippen LogP contribution is -2.41. The van der Waals surface area contributed by atoms with Gasteiger partial charge in [0.2, 0.25) is 21.7 Å². The van der Waals surface area contributed by atoms with E-state index in [0.717, 1.165) is 0 Å². The molecule has 0 atom stereocenters. The molecule has 0 bridgehead atoms. The average molecular weight is 473 g/mol. The smallest absolute Gasteiger partial charge is 0.255 e. The van der Waals surface area contributed by atoms with Crippen molar-refractivity contribution in [2.75, 3.05) is 26.3 Å². The Kier molecular flexibility index (Phi) is 7.02. The Morgan fingerprint density at radius 2 is 1.85 bits per heavy atom. The minimum atomic E-state index is -3.70. The van der Waals surface area contributed by atoms with Gasteiger partial charge in [0.15, 0.2) is 6.61 Å². The van der Waals surface area contributed by atoms with Crippen LogP contribution in [0, 0.1) is 6.92 Å². The summed E-state index contributed by atoms with van der Waals surface area (Å²) in [5.41, 5.74) is 0.809. The molecule has 3 aromatic rings. The maximum absolute atomic E-state index is 13.1. The molecule has 1 saturated heterocycles. The molecule has 0 aliphatic carbocycles. The highest BCUT2D eigenvalue weighted by atomic mass is 32.2. The number of hydrogen-bond donors (Lipinski definition) is 1. The summed E-state index contributed by atoms with van der Waals surface area (Å²) < 4.78 is 43.5. The van der Waals surface area contributed by atoms with E-state index in [4.69, 9.17) is 14.0 Å². The maximum atomic E-state index is 13.1. The van der Waals surface area contributed by atoms with Gasteiger partial charge >= 0.3 is 0 Å². The van der Waals surface area contributed by atoms with Gasteiger partial charge in [-0.1, -0.05) is 35.5 Å². The Hall–Kier alpha value is -3.28. The molecular weight excluding hydrogens is 448 g/mol. The van der Waals surface area contributed by atoms with Crippen molar-refractivity contribution in [3.05, 3.63) is 71.4 Å². The summed E-state index contributed by atoms with van der Waals surface area (Å²) in [5, 5.41) is 6.57. The zero-order valence-corrected chi connectivity index (χ0v) is 18.9. The van der Waals surface area contributed by atoms with Crippen molar-refractivity contribution in [1.29, 1.82) is 0 Å². The number of amides is 1. The Labute approximate surface area is 191 Å². The summed E-state index contributed by atoms with van der Waals surface area (Å²) in [6.07, 6.45) is 0. The molecule has 0 radical (unpaired) electrons. The molecule has 1 aliphatic heterocycles. The maximum Gasteiger partial charge on any atom is 0.255 e. The third-order valence-corrected chi connectivity index (χ3v) is 7.06. The van der Waals surface area contributed by atoms with E-state index in [-0.39, 0.29) is 18.0 Å². The normalized spacial score (nSPS) is 14.7. The van der Waals surface area contributed by atoms with Crippen LogP contribution in [-0.4, -0.2) is 55.1 Å². The molecule has 2 heterocycles. The number of aromatic nitrogens is 2. The first-order valence-corrected chi connectivity index (χ1v) is 11.8. The molecule has 174 valence electrons. The van der Waals surface area contributed by atoms with Gasteiger partial charge in [0.25, 0.3) is 5.91 Å². The predicted molar refractivity (Wildman–Crippen MR) is 117 cm³/mol. The largest absolute Gasteiger partial charge is 0.485 e. The molecule has 0 saturated carbocycles. The number of morpholine rings is 1. The molecule has 0 unspecified atom stereocenters. The van der Waals surface area contributed by atoms with Crippen LogP contribution in [0.25, 0.3) is 0 Å². The molecule has 1 fully saturated rings. The first-order chi connectivity index (χ1) is 15.9. The molecule has 10 nitrogen and oxygen atoms in total. The van der Waals surface area contributed by atoms with Crippen molar-refractivity contribution in [2.24, 2.45) is 0 Å². The highest BCUT2D eigenvalue weighted by Gasteiger charge is 2.28. The number of para-hydroxylation sites is 1. The predicted octanol–water partition coefficient (Wildman–Crippen LogP) is 1.91. The van der Waals surface area contributed by atoms with Gasteiger partial charge in [-0.3, -0.25) is 4.79 Å². The zero-order valence-electron chi connectivity index (χ0n) is 18.1. The van der Waals surface area contributed by atoms with Gasteiger partial charge in [0, 0.05) is 26.6 Å². The van der Waals surface area contributed by atoms with Gasteiger partial charge in [0.05, 0.1) is 23.7 Å². The lowest BCUT2D eigenvalue weighted by atomic mass is 10.1. The van der Waals surface area contributed by atoms with Crippen LogP contribution in [0.3, 0.4) is 0 Å². The summed E-state index contributed by atoms with van der Waals surface area (Å²) in [4.78, 5) is 17.1. The van der Waals surface area contributed by atoms with Crippen LogP contribution in [0.5, 0.6) is 5.75 Å². The van der Waals surface area contributed by atoms with Crippen LogP contribution in [0.1, 0.15) is 27.6 Å². The van der Waals surface area contributed by atoms with E-state index in [9.17, 15) is 13.2 Å². The minimum Gasteiger partial charge on any atom is -0.485 e. The van der Waals surface area contributed by atoms with Crippen molar-refractivity contribution in [3.63, 3.8) is 0 Å². The van der Waals surface area contributed by atoms with Crippen molar-refractivity contribution in [2.45, 2.75) is 25.0 Å². The molecule has 1 aromatic heterocycles. The first-order valence-electron chi connectivity index (χ1n) is 10.4. The van der Waals surface area contributed by atoms with Crippen molar-refractivity contribution in [3.8, 4) is 5.75 Å². The quantitative estimate of drug-likeness (QED) is 0.527. The van der Waals surface area contributed by atoms with Crippen molar-refractivity contribution < 1.29 is 27.2 Å². The highest BCUT2D eigenvalue weighted by Crippen LogP contribution is 2.22. The van der Waals surface area contributed by atoms with Crippen molar-refractivity contribution >= 4 is 15.9 Å². The van der Waals surface area contributed by atoms with E-state index >= 15 is 0 Å². The van der Waals surface area contributed by atoms with Gasteiger partial charge in [-0.05, 0) is 23.8 Å². The molecule has 4 rings (SSSR count). The number of carbonyl (C=O) groups excluding carboxylic acids is 1. The summed E-state index contributed by atoms with van der Waals surface area (Å²) in [6, 6.07) is 13.4. The van der Waals surface area contributed by atoms with E-state index in [1.807, 2.05) is 0 Å². The second-order valence-electron chi connectivity index (χ2n) is 7.32. The standard InChI is InChI=1S/C22H24N4O6S/c1-16-24-21(25-32-16)15-31-19-8-4-3-7-18(19)22(27)23-14-17-6-2-5-9-20(17)33(28,29)26-10-12-30-13-11-26/h2-9H,10-15H2,1H3,(H,23,27). The molecule has 33 heavy (non-hydrogen) atoms. The number of nitrogens with one attached hydrogen (secondary N) is 1. The van der Waals surface area contributed by atoms with Crippen LogP contribution in [0.2, 0.25) is 0 Å². The topological polar surface area (TPSA) is 124 Å². The number of sulfonamides is 1. The number of carbonyl (C=O) groups is 1. The number of hydrogen-bond acceptors (Lipinski definition) is 8. The average Bonchev–Trinajstić information content (AvgIpc) is 3.27. The van der Waals surface area contributed by atoms with Gasteiger partial charge in [-0.2, -0.15) is 9.29 Å². The summed E-state index contributed by atoms with van der Waals surface area (Å²) >= 11 is 0. The number of rotatable bonds is 8. The second-order valence-corrected chi connectivity index (χ2v) is 9.23. The zero-order chi connectivity index (χ0) is 23.3. The minimum absolute atomic E-state index is 0.0386. The highest BCUT2D eigenvalue weighted by molar-refractivity contribution is 7.89. The molecule has 11 heteroatoms. The summed E-state index contributed by atoms with van der Waals surface area (Å²) in [6.45, 7) is 3.08. The van der Waals surface area contributed by atoms with Crippen LogP contribution < -0.4 is 10.1 Å². The van der Waals surface area contributed by atoms with Crippen LogP contribution in [-0.2, 0) is 27.9 Å². The Bertz CT molecular complexity index is 1220. The van der Waals surface area contributed by atoms with E-state index in [2.05, 4.69) is 15.5 Å². The molecule has 0 spiro atoms. The third kappa shape index (κ3) is 5.38. The monoisotopic (exact) mass is 472 g/mol. The molecule has 2 aromatic carbocycles. The number of benzene rings is 2. The Morgan fingerprint density at radius 1 is 1.12 bits per heavy atom. The van der Waals surface area contributed by atoms with Gasteiger partial charge in [0.1, 0.15) is 5.75 Å². The SMILES string of the molecule is Cc1nc(COc2ccccc2C(=O)NCc2ccccc2S(=O)(=O)N2CCOCC2)no1. The van der Waals surface area contributed by atoms with Crippen LogP contribution in [0.15, 0.2) is 57.9 Å². The molecule has 1 aliphatic rings. The van der Waals surface area contributed by atoms with Gasteiger partial charge in [-0.15, -0.1) is 0 Å². The molecular formula is C22H24N4O6S. The second kappa shape index (κ2) is 10.1. The third-order valence-electron chi connectivity index (χ3n) is 5.06. The lowest BCUT2D eigenvalue weighted by Gasteiger charge is -2.27. The summed E-state index contributed by atoms with van der Waals surface area (Å²) in [5.74, 6) is 0.746. The molecule has 1 amide bonds. The van der Waals surface area contributed by atoms with E-state index < -0.39 is 15.9 Å². The fraction of sp³-hybridized carbons (Fsp3) is 0.318. The van der Waals surface area contributed by atoms with Crippen LogP contribution >= 0.6 is 0 Å². The molecule has 1 N–H and O–H groups in total. The Morgan fingerprint density at radius 3 is 2.61 bits per heavy atom. The van der Waals surface area contributed by atoms with E-state index in [0.29, 0.717) is 54.9 Å². The van der Waals surface area contributed by atoms with Crippen molar-refractivity contribution in [1.82, 2.24) is 19.8 Å². The lowest BCUT2D eigenvalue weighted by molar-refractivity contribution is 0.0730. The Balaban J connectivity index is 1.47. The first kappa shape index (κ1) is 22.9. The fourth-order valence-corrected chi connectivity index (χ4v) is 5.05. The fourth-order valence-electron chi connectivity index (χ4n) is 3.42. The van der Waals surface area contributed by atoms with E-state index in [1.54, 1.807) is 55.5 Å². The van der Waals surface area contributed by atoms with Gasteiger partial charge in [-0.25, -0.2) is 8.42 Å². The van der Waals surface area contributed by atoms with E-state index in [1.165, 1.54) is 4.31 Å². The van der Waals surface area contributed by atoms with Crippen LogP contribution in [0.4, 0.5) is 0 Å². The van der Waals surface area contributed by atoms with Gasteiger partial charge < -0.3 is 19.3 Å². The summed E-state index contributed by atoms with van der Waals surface area (Å²) in [7, 11) is -3.70. The number of ether oxygens (including phenoxy) is 2. The number of aryl methyl sites for hydroxylation is 1. The number of nitrogens with zero attached hydrogens (tertiary/aromatic N) is 3.